The monoisotopic (exact) mass is 832 g/mol. The van der Waals surface area contributed by atoms with Gasteiger partial charge in [0.25, 0.3) is 23.2 Å². The van der Waals surface area contributed by atoms with Gasteiger partial charge in [0.2, 0.25) is 11.2 Å². The van der Waals surface area contributed by atoms with Crippen molar-refractivity contribution in [1.29, 1.82) is 0 Å². The van der Waals surface area contributed by atoms with Crippen LogP contribution in [0.1, 0.15) is 20.7 Å². The van der Waals surface area contributed by atoms with Crippen LogP contribution in [-0.4, -0.2) is 55.7 Å². The Kier molecular flexibility index (Phi) is 15.3. The summed E-state index contributed by atoms with van der Waals surface area (Å²) in [5, 5.41) is 35.7. The van der Waals surface area contributed by atoms with Crippen molar-refractivity contribution in [2.45, 2.75) is 0 Å². The lowest BCUT2D eigenvalue weighted by Crippen LogP contribution is -2.19. The van der Waals surface area contributed by atoms with E-state index in [9.17, 15) is 29.8 Å². The number of para-hydroxylation sites is 2. The van der Waals surface area contributed by atoms with Gasteiger partial charge >= 0.3 is 0 Å². The third kappa shape index (κ3) is 12.4. The second-order valence-corrected chi connectivity index (χ2v) is 12.2. The molecule has 0 atom stereocenters. The van der Waals surface area contributed by atoms with E-state index in [-0.39, 0.29) is 45.3 Å². The third-order valence-corrected chi connectivity index (χ3v) is 7.89. The van der Waals surface area contributed by atoms with Crippen LogP contribution in [0.15, 0.2) is 109 Å². The number of carbonyl (C=O) groups excluding carboxylic acids is 2. The maximum absolute atomic E-state index is 12.0. The van der Waals surface area contributed by atoms with E-state index in [0.717, 1.165) is 0 Å². The molecule has 2 aromatic heterocycles. The number of hydrogen-bond acceptors (Lipinski definition) is 14. The SMILES string of the molecule is CNC(=O)c1ccccc1Nc1nc(Cl)ncc1Cl.CNC(=O)c1ccccc1Nc1nc(Nc2cccc([N+](=O)[O-])c2)ncc1Cl.Nc1cccc([N+](=O)[O-])c1. The molecule has 2 amide bonds. The molecule has 7 N–H and O–H groups in total. The number of nitro benzene ring substituents is 2. The van der Waals surface area contributed by atoms with E-state index in [4.69, 9.17) is 40.5 Å². The molecule has 6 aromatic rings. The summed E-state index contributed by atoms with van der Waals surface area (Å²) in [6.07, 6.45) is 2.78. The molecule has 57 heavy (non-hydrogen) atoms. The number of nitrogens with one attached hydrogen (secondary N) is 5. The average molecular weight is 834 g/mol. The fraction of sp³-hybridized carbons (Fsp3) is 0.0556. The molecule has 0 saturated heterocycles. The van der Waals surface area contributed by atoms with Crippen molar-refractivity contribution in [3.8, 4) is 0 Å². The van der Waals surface area contributed by atoms with E-state index < -0.39 is 9.85 Å². The van der Waals surface area contributed by atoms with Crippen LogP contribution in [0.2, 0.25) is 15.3 Å². The topological polar surface area (TPSA) is 258 Å². The highest BCUT2D eigenvalue weighted by atomic mass is 35.5. The first-order valence-corrected chi connectivity index (χ1v) is 17.3. The summed E-state index contributed by atoms with van der Waals surface area (Å²) in [6, 6.07) is 25.7. The highest BCUT2D eigenvalue weighted by Crippen LogP contribution is 2.28. The van der Waals surface area contributed by atoms with Crippen LogP contribution in [0.25, 0.3) is 0 Å². The lowest BCUT2D eigenvalue weighted by molar-refractivity contribution is -0.385. The van der Waals surface area contributed by atoms with E-state index >= 15 is 0 Å². The van der Waals surface area contributed by atoms with Gasteiger partial charge < -0.3 is 32.3 Å². The Morgan fingerprint density at radius 3 is 1.63 bits per heavy atom. The number of benzene rings is 4. The lowest BCUT2D eigenvalue weighted by Gasteiger charge is -2.12. The van der Waals surface area contributed by atoms with Crippen molar-refractivity contribution in [2.24, 2.45) is 0 Å². The number of hydrogen-bond donors (Lipinski definition) is 6. The molecule has 292 valence electrons. The van der Waals surface area contributed by atoms with Gasteiger partial charge in [0, 0.05) is 49.7 Å². The molecule has 0 bridgehead atoms. The fourth-order valence-corrected chi connectivity index (χ4v) is 4.93. The van der Waals surface area contributed by atoms with E-state index in [1.165, 1.54) is 43.7 Å². The van der Waals surface area contributed by atoms with Gasteiger partial charge in [0.05, 0.1) is 44.7 Å². The van der Waals surface area contributed by atoms with Gasteiger partial charge in [-0.05, 0) is 48.0 Å². The second kappa shape index (κ2) is 20.5. The maximum Gasteiger partial charge on any atom is 0.271 e. The fourth-order valence-electron chi connectivity index (χ4n) is 4.52. The molecular weight excluding hydrogens is 803 g/mol. The number of rotatable bonds is 10. The smallest absolute Gasteiger partial charge is 0.271 e. The van der Waals surface area contributed by atoms with Crippen LogP contribution in [0.5, 0.6) is 0 Å². The van der Waals surface area contributed by atoms with Gasteiger partial charge in [-0.3, -0.25) is 29.8 Å². The van der Waals surface area contributed by atoms with E-state index in [0.29, 0.717) is 44.7 Å². The summed E-state index contributed by atoms with van der Waals surface area (Å²) in [5.41, 5.74) is 8.13. The normalized spacial score (nSPS) is 9.98. The average Bonchev–Trinajstić information content (AvgIpc) is 3.21. The molecule has 6 rings (SSSR count). The van der Waals surface area contributed by atoms with Gasteiger partial charge in [0.1, 0.15) is 10.0 Å². The molecule has 0 aliphatic rings. The van der Waals surface area contributed by atoms with Crippen molar-refractivity contribution in [3.63, 3.8) is 0 Å². The summed E-state index contributed by atoms with van der Waals surface area (Å²) in [7, 11) is 3.10. The number of carbonyl (C=O) groups is 2. The molecule has 0 radical (unpaired) electrons. The largest absolute Gasteiger partial charge is 0.399 e. The number of non-ortho nitro benzene ring substituents is 2. The minimum absolute atomic E-state index is 0.0278. The number of halogens is 3. The molecule has 0 unspecified atom stereocenters. The summed E-state index contributed by atoms with van der Waals surface area (Å²) < 4.78 is 0. The standard InChI is InChI=1S/C18H15ClN6O3.C12H10Cl2N4O.C6H6N2O2/c1-20-17(26)13-7-2-3-8-15(13)23-16-14(19)10-21-18(24-16)22-11-5-4-6-12(9-11)25(27)28;1-15-11(19)7-4-2-3-5-9(7)17-10-8(13)6-16-12(14)18-10;7-5-2-1-3-6(4-5)8(9)10/h2-10H,1H3,(H,20,26)(H2,21,22,23,24);2-6H,1H3,(H,15,19)(H,16,17,18);1-4H,7H2. The van der Waals surface area contributed by atoms with Crippen LogP contribution < -0.4 is 32.3 Å². The van der Waals surface area contributed by atoms with Gasteiger partial charge in [0.15, 0.2) is 11.6 Å². The number of nitrogen functional groups attached to an aromatic ring is 1. The number of nitrogens with two attached hydrogens (primary N) is 1. The molecule has 18 nitrogen and oxygen atoms in total. The van der Waals surface area contributed by atoms with Crippen molar-refractivity contribution in [1.82, 2.24) is 30.6 Å². The van der Waals surface area contributed by atoms with Crippen LogP contribution in [-0.2, 0) is 0 Å². The van der Waals surface area contributed by atoms with Crippen LogP contribution in [0.3, 0.4) is 0 Å². The number of anilines is 7. The van der Waals surface area contributed by atoms with Crippen molar-refractivity contribution in [2.75, 3.05) is 35.8 Å². The first-order chi connectivity index (χ1) is 27.3. The zero-order valence-corrected chi connectivity index (χ0v) is 32.0. The van der Waals surface area contributed by atoms with Crippen LogP contribution >= 0.6 is 34.8 Å². The molecule has 0 spiro atoms. The minimum atomic E-state index is -0.489. The molecule has 0 saturated carbocycles. The van der Waals surface area contributed by atoms with Crippen LogP contribution in [0.4, 0.5) is 51.7 Å². The van der Waals surface area contributed by atoms with Crippen molar-refractivity contribution >= 4 is 98.3 Å². The summed E-state index contributed by atoms with van der Waals surface area (Å²) in [6.45, 7) is 0. The Bertz CT molecular complexity index is 2410. The van der Waals surface area contributed by atoms with Gasteiger partial charge in [-0.2, -0.15) is 9.97 Å². The Labute approximate surface area is 339 Å². The molecule has 0 aliphatic heterocycles. The van der Waals surface area contributed by atoms with E-state index in [2.05, 4.69) is 46.5 Å². The molecule has 2 heterocycles. The number of aromatic nitrogens is 4. The highest BCUT2D eigenvalue weighted by Gasteiger charge is 2.14. The number of nitrogens with zero attached hydrogens (tertiary/aromatic N) is 6. The van der Waals surface area contributed by atoms with E-state index in [1.54, 1.807) is 79.8 Å². The first kappa shape index (κ1) is 42.6. The predicted molar refractivity (Wildman–Crippen MR) is 219 cm³/mol. The van der Waals surface area contributed by atoms with Gasteiger partial charge in [-0.25, -0.2) is 9.97 Å². The zero-order valence-electron chi connectivity index (χ0n) is 29.7. The molecule has 0 fully saturated rings. The Morgan fingerprint density at radius 2 is 1.12 bits per heavy atom. The molecule has 0 aliphatic carbocycles. The second-order valence-electron chi connectivity index (χ2n) is 11.0. The molecular formula is C36H31Cl3N12O6. The number of amides is 2. The van der Waals surface area contributed by atoms with Crippen molar-refractivity contribution < 1.29 is 19.4 Å². The van der Waals surface area contributed by atoms with Gasteiger partial charge in [-0.15, -0.1) is 0 Å². The molecule has 4 aromatic carbocycles. The number of nitro groups is 2. The molecule has 21 heteroatoms. The maximum atomic E-state index is 12.0. The summed E-state index contributed by atoms with van der Waals surface area (Å²) in [5.74, 6) is 0.339. The van der Waals surface area contributed by atoms with Gasteiger partial charge in [-0.1, -0.05) is 59.6 Å². The zero-order chi connectivity index (χ0) is 41.5. The van der Waals surface area contributed by atoms with Crippen molar-refractivity contribution in [3.05, 3.63) is 156 Å². The van der Waals surface area contributed by atoms with Crippen LogP contribution in [0, 0.1) is 20.2 Å². The summed E-state index contributed by atoms with van der Waals surface area (Å²) >= 11 is 17.9. The summed E-state index contributed by atoms with van der Waals surface area (Å²) in [4.78, 5) is 59.9. The lowest BCUT2D eigenvalue weighted by atomic mass is 10.1. The Balaban J connectivity index is 0.000000213. The third-order valence-electron chi connectivity index (χ3n) is 7.16. The Morgan fingerprint density at radius 1 is 0.632 bits per heavy atom. The quantitative estimate of drug-likeness (QED) is 0.0331. The predicted octanol–water partition coefficient (Wildman–Crippen LogP) is 7.95. The van der Waals surface area contributed by atoms with E-state index in [1.807, 2.05) is 0 Å². The highest BCUT2D eigenvalue weighted by molar-refractivity contribution is 6.34. The minimum Gasteiger partial charge on any atom is -0.399 e. The first-order valence-electron chi connectivity index (χ1n) is 16.2. The Hall–Kier alpha value is -7.15.